The monoisotopic (exact) mass is 473 g/mol. The van der Waals surface area contributed by atoms with Crippen molar-refractivity contribution in [2.24, 2.45) is 5.10 Å². The topological polar surface area (TPSA) is 92.0 Å². The number of benzene rings is 2. The highest BCUT2D eigenvalue weighted by molar-refractivity contribution is 9.10. The lowest BCUT2D eigenvalue weighted by molar-refractivity contribution is -0.145. The third-order valence-electron chi connectivity index (χ3n) is 4.15. The molecule has 0 radical (unpaired) electrons. The molecule has 0 bridgehead atoms. The number of carbonyl (C=O) groups excluding carboxylic acids is 1. The minimum Gasteiger partial charge on any atom is -0.493 e. The lowest BCUT2D eigenvalue weighted by Crippen LogP contribution is -2.20. The Kier molecular flexibility index (Phi) is 6.83. The molecule has 0 saturated heterocycles. The second kappa shape index (κ2) is 9.53. The summed E-state index contributed by atoms with van der Waals surface area (Å²) in [7, 11) is 1.49. The lowest BCUT2D eigenvalue weighted by Gasteiger charge is -2.12. The predicted molar refractivity (Wildman–Crippen MR) is 117 cm³/mol. The van der Waals surface area contributed by atoms with Crippen LogP contribution in [0.4, 0.5) is 0 Å². The fourth-order valence-corrected chi connectivity index (χ4v) is 3.16. The number of hydrogen-bond donors (Lipinski definition) is 0. The van der Waals surface area contributed by atoms with Gasteiger partial charge in [0.1, 0.15) is 5.82 Å². The van der Waals surface area contributed by atoms with Gasteiger partial charge in [0.05, 0.1) is 30.8 Å². The summed E-state index contributed by atoms with van der Waals surface area (Å²) in [6.45, 7) is 3.40. The molecule has 1 heterocycles. The van der Waals surface area contributed by atoms with Gasteiger partial charge in [-0.15, -0.1) is 0 Å². The summed E-state index contributed by atoms with van der Waals surface area (Å²) < 4.78 is 17.8. The van der Waals surface area contributed by atoms with Gasteiger partial charge in [0.2, 0.25) is 0 Å². The van der Waals surface area contributed by atoms with Crippen molar-refractivity contribution in [1.29, 1.82) is 0 Å². The number of para-hydroxylation sites is 1. The molecule has 0 amide bonds. The van der Waals surface area contributed by atoms with Crippen LogP contribution in [0.5, 0.6) is 11.5 Å². The van der Waals surface area contributed by atoms with E-state index >= 15 is 0 Å². The largest absolute Gasteiger partial charge is 0.493 e. The second-order valence-corrected chi connectivity index (χ2v) is 7.07. The Morgan fingerprint density at radius 2 is 2.10 bits per heavy atom. The van der Waals surface area contributed by atoms with Crippen molar-refractivity contribution < 1.29 is 19.0 Å². The van der Waals surface area contributed by atoms with Crippen molar-refractivity contribution in [3.05, 3.63) is 62.6 Å². The fraction of sp³-hybridized carbons (Fsp3) is 0.238. The zero-order valence-electron chi connectivity index (χ0n) is 16.7. The maximum atomic E-state index is 12.9. The number of nitrogens with zero attached hydrogens (tertiary/aromatic N) is 3. The molecule has 30 heavy (non-hydrogen) atoms. The number of rotatable bonds is 7. The summed E-state index contributed by atoms with van der Waals surface area (Å²) in [6, 6.07) is 10.5. The van der Waals surface area contributed by atoms with Crippen LogP contribution in [0.3, 0.4) is 0 Å². The standard InChI is InChI=1S/C21H20BrN3O5/c1-4-29-19(26)12-30-20-14(6-5-7-18(20)28-3)11-23-25-13(2)24-17-9-8-15(22)10-16(17)21(25)27/h5-11H,4,12H2,1-3H3. The second-order valence-electron chi connectivity index (χ2n) is 6.15. The number of esters is 1. The molecular weight excluding hydrogens is 454 g/mol. The van der Waals surface area contributed by atoms with Crippen LogP contribution in [-0.4, -0.2) is 42.2 Å². The molecule has 8 nitrogen and oxygen atoms in total. The molecule has 2 aromatic carbocycles. The predicted octanol–water partition coefficient (Wildman–Crippen LogP) is 3.30. The summed E-state index contributed by atoms with van der Waals surface area (Å²) in [5.41, 5.74) is 0.818. The first kappa shape index (κ1) is 21.5. The van der Waals surface area contributed by atoms with Crippen LogP contribution >= 0.6 is 15.9 Å². The molecule has 0 aliphatic heterocycles. The van der Waals surface area contributed by atoms with Gasteiger partial charge in [-0.25, -0.2) is 9.78 Å². The van der Waals surface area contributed by atoms with Crippen LogP contribution in [0, 0.1) is 6.92 Å². The SMILES string of the molecule is CCOC(=O)COc1c(C=Nn2c(C)nc3ccc(Br)cc3c2=O)cccc1OC. The number of carbonyl (C=O) groups is 1. The molecule has 0 N–H and O–H groups in total. The van der Waals surface area contributed by atoms with Gasteiger partial charge in [0.15, 0.2) is 18.1 Å². The number of methoxy groups -OCH3 is 1. The molecule has 0 fully saturated rings. The van der Waals surface area contributed by atoms with E-state index in [0.29, 0.717) is 33.8 Å². The highest BCUT2D eigenvalue weighted by Crippen LogP contribution is 2.30. The Morgan fingerprint density at radius 3 is 2.83 bits per heavy atom. The Balaban J connectivity index is 2.00. The number of halogens is 1. The zero-order chi connectivity index (χ0) is 21.7. The molecule has 0 aliphatic carbocycles. The van der Waals surface area contributed by atoms with Crippen LogP contribution in [0.25, 0.3) is 10.9 Å². The highest BCUT2D eigenvalue weighted by Gasteiger charge is 2.13. The molecule has 0 saturated carbocycles. The quantitative estimate of drug-likeness (QED) is 0.386. The Bertz CT molecular complexity index is 1170. The highest BCUT2D eigenvalue weighted by atomic mass is 79.9. The molecule has 0 aliphatic rings. The molecule has 9 heteroatoms. The van der Waals surface area contributed by atoms with Gasteiger partial charge in [0.25, 0.3) is 5.56 Å². The van der Waals surface area contributed by atoms with Gasteiger partial charge in [-0.3, -0.25) is 4.79 Å². The summed E-state index contributed by atoms with van der Waals surface area (Å²) in [5.74, 6) is 0.678. The maximum absolute atomic E-state index is 12.9. The van der Waals surface area contributed by atoms with Crippen molar-refractivity contribution in [1.82, 2.24) is 9.66 Å². The average molecular weight is 474 g/mol. The third-order valence-corrected chi connectivity index (χ3v) is 4.64. The zero-order valence-corrected chi connectivity index (χ0v) is 18.3. The normalized spacial score (nSPS) is 11.1. The van der Waals surface area contributed by atoms with E-state index in [9.17, 15) is 9.59 Å². The number of ether oxygens (including phenoxy) is 3. The van der Waals surface area contributed by atoms with Crippen LogP contribution in [0.15, 0.2) is 50.8 Å². The van der Waals surface area contributed by atoms with Crippen LogP contribution in [-0.2, 0) is 9.53 Å². The van der Waals surface area contributed by atoms with E-state index in [2.05, 4.69) is 26.0 Å². The smallest absolute Gasteiger partial charge is 0.344 e. The van der Waals surface area contributed by atoms with Gasteiger partial charge in [-0.2, -0.15) is 9.78 Å². The maximum Gasteiger partial charge on any atom is 0.344 e. The number of aryl methyl sites for hydroxylation is 1. The number of fused-ring (bicyclic) bond motifs is 1. The molecular formula is C21H20BrN3O5. The van der Waals surface area contributed by atoms with Gasteiger partial charge < -0.3 is 14.2 Å². The third kappa shape index (κ3) is 4.68. The lowest BCUT2D eigenvalue weighted by atomic mass is 10.2. The molecule has 0 spiro atoms. The minimum atomic E-state index is -0.498. The van der Waals surface area contributed by atoms with E-state index in [1.807, 2.05) is 6.07 Å². The first-order valence-electron chi connectivity index (χ1n) is 9.13. The summed E-state index contributed by atoms with van der Waals surface area (Å²) in [5, 5.41) is 4.75. The van der Waals surface area contributed by atoms with Gasteiger partial charge in [0, 0.05) is 10.0 Å². The minimum absolute atomic E-state index is 0.260. The van der Waals surface area contributed by atoms with E-state index < -0.39 is 5.97 Å². The van der Waals surface area contributed by atoms with Crippen molar-refractivity contribution in [3.8, 4) is 11.5 Å². The van der Waals surface area contributed by atoms with Gasteiger partial charge in [-0.1, -0.05) is 22.0 Å². The van der Waals surface area contributed by atoms with Crippen molar-refractivity contribution in [2.75, 3.05) is 20.3 Å². The van der Waals surface area contributed by atoms with Gasteiger partial charge in [-0.05, 0) is 44.2 Å². The summed E-state index contributed by atoms with van der Waals surface area (Å²) in [4.78, 5) is 29.0. The fourth-order valence-electron chi connectivity index (χ4n) is 2.80. The molecule has 156 valence electrons. The molecule has 3 aromatic rings. The Labute approximate surface area is 181 Å². The van der Waals surface area contributed by atoms with Crippen molar-refractivity contribution in [3.63, 3.8) is 0 Å². The first-order valence-corrected chi connectivity index (χ1v) is 9.92. The molecule has 1 aromatic heterocycles. The molecule has 3 rings (SSSR count). The van der Waals surface area contributed by atoms with Crippen LogP contribution in [0.1, 0.15) is 18.3 Å². The average Bonchev–Trinajstić information content (AvgIpc) is 2.73. The van der Waals surface area contributed by atoms with Crippen LogP contribution in [0.2, 0.25) is 0 Å². The van der Waals surface area contributed by atoms with E-state index in [0.717, 1.165) is 4.47 Å². The van der Waals surface area contributed by atoms with Crippen molar-refractivity contribution in [2.45, 2.75) is 13.8 Å². The van der Waals surface area contributed by atoms with E-state index in [1.54, 1.807) is 44.2 Å². The summed E-state index contributed by atoms with van der Waals surface area (Å²) in [6.07, 6.45) is 1.46. The first-order chi connectivity index (χ1) is 14.4. The van der Waals surface area contributed by atoms with E-state index in [1.165, 1.54) is 18.0 Å². The molecule has 0 atom stereocenters. The number of hydrogen-bond acceptors (Lipinski definition) is 7. The van der Waals surface area contributed by atoms with Gasteiger partial charge >= 0.3 is 5.97 Å². The van der Waals surface area contributed by atoms with Crippen molar-refractivity contribution >= 4 is 39.0 Å². The Morgan fingerprint density at radius 1 is 1.30 bits per heavy atom. The number of aromatic nitrogens is 2. The van der Waals surface area contributed by atoms with Crippen LogP contribution < -0.4 is 15.0 Å². The Hall–Kier alpha value is -3.20. The summed E-state index contributed by atoms with van der Waals surface area (Å²) >= 11 is 3.37. The molecule has 0 unspecified atom stereocenters. The van der Waals surface area contributed by atoms with E-state index in [-0.39, 0.29) is 18.8 Å². The van der Waals surface area contributed by atoms with E-state index in [4.69, 9.17) is 14.2 Å².